The molecule has 2 amide bonds. The summed E-state index contributed by atoms with van der Waals surface area (Å²) in [7, 11) is 0. The number of carbonyl (C=O) groups is 3. The molecular formula is C19H24N2O4S. The first kappa shape index (κ1) is 18.8. The third kappa shape index (κ3) is 3.45. The Kier molecular flexibility index (Phi) is 5.27. The van der Waals surface area contributed by atoms with Crippen LogP contribution >= 0.6 is 11.8 Å². The van der Waals surface area contributed by atoms with Gasteiger partial charge in [0.25, 0.3) is 5.91 Å². The number of hydrogen-bond donors (Lipinski definition) is 0. The first-order chi connectivity index (χ1) is 12.3. The van der Waals surface area contributed by atoms with E-state index in [0.717, 1.165) is 12.1 Å². The third-order valence-corrected chi connectivity index (χ3v) is 6.38. The van der Waals surface area contributed by atoms with E-state index >= 15 is 0 Å². The van der Waals surface area contributed by atoms with Crippen LogP contribution in [0.5, 0.6) is 0 Å². The number of ether oxygens (including phenoxy) is 1. The maximum atomic E-state index is 12.6. The van der Waals surface area contributed by atoms with Crippen molar-refractivity contribution < 1.29 is 19.1 Å². The number of para-hydroxylation sites is 1. The molecule has 0 radical (unpaired) electrons. The summed E-state index contributed by atoms with van der Waals surface area (Å²) in [5.41, 5.74) is 0.766. The third-order valence-electron chi connectivity index (χ3n) is 4.87. The molecule has 0 aliphatic carbocycles. The van der Waals surface area contributed by atoms with Crippen LogP contribution in [-0.2, 0) is 19.1 Å². The predicted octanol–water partition coefficient (Wildman–Crippen LogP) is 2.43. The van der Waals surface area contributed by atoms with Crippen molar-refractivity contribution in [1.29, 1.82) is 0 Å². The minimum Gasteiger partial charge on any atom is -0.454 e. The molecule has 2 atom stereocenters. The zero-order valence-corrected chi connectivity index (χ0v) is 16.1. The Morgan fingerprint density at radius 1 is 1.35 bits per heavy atom. The molecule has 0 bridgehead atoms. The van der Waals surface area contributed by atoms with Gasteiger partial charge in [0.05, 0.1) is 4.87 Å². The number of esters is 1. The van der Waals surface area contributed by atoms with E-state index in [1.54, 1.807) is 21.6 Å². The van der Waals surface area contributed by atoms with Crippen molar-refractivity contribution in [2.45, 2.75) is 50.6 Å². The predicted molar refractivity (Wildman–Crippen MR) is 101 cm³/mol. The largest absolute Gasteiger partial charge is 0.454 e. The van der Waals surface area contributed by atoms with Crippen molar-refractivity contribution >= 4 is 35.2 Å². The molecule has 2 aliphatic heterocycles. The lowest BCUT2D eigenvalue weighted by molar-refractivity contribution is -0.155. The van der Waals surface area contributed by atoms with Crippen LogP contribution in [0.4, 0.5) is 5.69 Å². The van der Waals surface area contributed by atoms with Crippen LogP contribution in [0.15, 0.2) is 30.3 Å². The Balaban J connectivity index is 1.64. The number of benzene rings is 1. The van der Waals surface area contributed by atoms with E-state index in [0.29, 0.717) is 12.2 Å². The molecule has 2 heterocycles. The molecule has 0 N–H and O–H groups in total. The molecule has 0 aromatic heterocycles. The number of amides is 2. The van der Waals surface area contributed by atoms with E-state index < -0.39 is 12.0 Å². The quantitative estimate of drug-likeness (QED) is 0.739. The first-order valence-corrected chi connectivity index (χ1v) is 9.82. The second-order valence-electron chi connectivity index (χ2n) is 7.07. The molecule has 3 rings (SSSR count). The van der Waals surface area contributed by atoms with Gasteiger partial charge in [-0.2, -0.15) is 0 Å². The van der Waals surface area contributed by atoms with Crippen molar-refractivity contribution in [2.24, 2.45) is 0 Å². The highest BCUT2D eigenvalue weighted by Crippen LogP contribution is 2.47. The summed E-state index contributed by atoms with van der Waals surface area (Å²) in [5, 5.41) is 0. The Bertz CT molecular complexity index is 709. The Hall–Kier alpha value is -2.02. The van der Waals surface area contributed by atoms with Crippen molar-refractivity contribution in [2.75, 3.05) is 17.3 Å². The van der Waals surface area contributed by atoms with Crippen LogP contribution in [0.3, 0.4) is 0 Å². The smallest absolute Gasteiger partial charge is 0.330 e. The average Bonchev–Trinajstić information content (AvgIpc) is 3.10. The van der Waals surface area contributed by atoms with Gasteiger partial charge in [-0.15, -0.1) is 11.8 Å². The van der Waals surface area contributed by atoms with Crippen LogP contribution in [0.25, 0.3) is 0 Å². The van der Waals surface area contributed by atoms with Gasteiger partial charge in [0.1, 0.15) is 6.04 Å². The van der Waals surface area contributed by atoms with E-state index in [-0.39, 0.29) is 29.3 Å². The van der Waals surface area contributed by atoms with Crippen molar-refractivity contribution in [3.05, 3.63) is 30.3 Å². The molecule has 1 aromatic rings. The number of thioether (sulfide) groups is 1. The van der Waals surface area contributed by atoms with Crippen molar-refractivity contribution in [3.63, 3.8) is 0 Å². The average molecular weight is 376 g/mol. The number of rotatable bonds is 5. The number of hydrogen-bond acceptors (Lipinski definition) is 5. The molecule has 2 aliphatic rings. The second-order valence-corrected chi connectivity index (χ2v) is 8.57. The zero-order chi connectivity index (χ0) is 18.9. The highest BCUT2D eigenvalue weighted by Gasteiger charge is 2.53. The van der Waals surface area contributed by atoms with Crippen LogP contribution in [-0.4, -0.2) is 52.0 Å². The van der Waals surface area contributed by atoms with Crippen molar-refractivity contribution in [3.8, 4) is 0 Å². The van der Waals surface area contributed by atoms with Crippen LogP contribution in [0, 0.1) is 0 Å². The number of carbonyl (C=O) groups excluding carboxylic acids is 3. The fourth-order valence-electron chi connectivity index (χ4n) is 3.61. The van der Waals surface area contributed by atoms with Gasteiger partial charge in [-0.25, -0.2) is 4.79 Å². The molecule has 6 nitrogen and oxygen atoms in total. The van der Waals surface area contributed by atoms with Gasteiger partial charge in [-0.05, 0) is 39.3 Å². The lowest BCUT2D eigenvalue weighted by Gasteiger charge is -2.30. The number of nitrogens with zero attached hydrogens (tertiary/aromatic N) is 2. The van der Waals surface area contributed by atoms with Gasteiger partial charge in [0.15, 0.2) is 6.61 Å². The maximum absolute atomic E-state index is 12.6. The first-order valence-electron chi connectivity index (χ1n) is 8.83. The van der Waals surface area contributed by atoms with Gasteiger partial charge in [0.2, 0.25) is 5.91 Å². The molecule has 0 unspecified atom stereocenters. The Morgan fingerprint density at radius 3 is 2.69 bits per heavy atom. The van der Waals surface area contributed by atoms with E-state index in [1.165, 1.54) is 0 Å². The summed E-state index contributed by atoms with van der Waals surface area (Å²) < 4.78 is 5.30. The van der Waals surface area contributed by atoms with E-state index in [4.69, 9.17) is 4.74 Å². The van der Waals surface area contributed by atoms with Gasteiger partial charge >= 0.3 is 5.97 Å². The molecular weight excluding hydrogens is 352 g/mol. The summed E-state index contributed by atoms with van der Waals surface area (Å²) >= 11 is 1.61. The minimum atomic E-state index is -0.600. The molecule has 140 valence electrons. The highest BCUT2D eigenvalue weighted by atomic mass is 32.2. The van der Waals surface area contributed by atoms with Gasteiger partial charge in [-0.1, -0.05) is 18.2 Å². The topological polar surface area (TPSA) is 66.9 Å². The summed E-state index contributed by atoms with van der Waals surface area (Å²) in [5.74, 6) is -0.275. The van der Waals surface area contributed by atoms with E-state index in [2.05, 4.69) is 0 Å². The molecule has 2 fully saturated rings. The standard InChI is InChI=1S/C19H24N2O4S/c1-13(2)20(14-7-5-4-6-8-14)17(23)11-25-18(24)15-12-26-19(3)10-9-16(22)21(15)19/h4-8,13,15H,9-12H2,1-3H3/t15-,19+/m0/s1. The van der Waals surface area contributed by atoms with Gasteiger partial charge in [0, 0.05) is 23.9 Å². The number of anilines is 1. The summed E-state index contributed by atoms with van der Waals surface area (Å²) in [6.07, 6.45) is 1.20. The second kappa shape index (κ2) is 7.31. The lowest BCUT2D eigenvalue weighted by Crippen LogP contribution is -2.47. The summed E-state index contributed by atoms with van der Waals surface area (Å²) in [6, 6.07) is 8.64. The monoisotopic (exact) mass is 376 g/mol. The van der Waals surface area contributed by atoms with Crippen LogP contribution in [0.2, 0.25) is 0 Å². The summed E-state index contributed by atoms with van der Waals surface area (Å²) in [4.78, 5) is 40.2. The minimum absolute atomic E-state index is 0.0149. The molecule has 1 aromatic carbocycles. The Labute approximate surface area is 157 Å². The zero-order valence-electron chi connectivity index (χ0n) is 15.3. The van der Waals surface area contributed by atoms with Gasteiger partial charge in [-0.3, -0.25) is 9.59 Å². The molecule has 0 saturated carbocycles. The number of fused-ring (bicyclic) bond motifs is 1. The lowest BCUT2D eigenvalue weighted by atomic mass is 10.2. The molecule has 0 spiro atoms. The van der Waals surface area contributed by atoms with Crippen molar-refractivity contribution in [1.82, 2.24) is 4.90 Å². The maximum Gasteiger partial charge on any atom is 0.330 e. The molecule has 7 heteroatoms. The van der Waals surface area contributed by atoms with Crippen LogP contribution in [0.1, 0.15) is 33.6 Å². The van der Waals surface area contributed by atoms with Crippen LogP contribution < -0.4 is 4.90 Å². The fraction of sp³-hybridized carbons (Fsp3) is 0.526. The van der Waals surface area contributed by atoms with E-state index in [1.807, 2.05) is 51.1 Å². The van der Waals surface area contributed by atoms with E-state index in [9.17, 15) is 14.4 Å². The Morgan fingerprint density at radius 2 is 2.04 bits per heavy atom. The highest BCUT2D eigenvalue weighted by molar-refractivity contribution is 8.01. The normalized spacial score (nSPS) is 24.7. The van der Waals surface area contributed by atoms with Gasteiger partial charge < -0.3 is 14.5 Å². The SMILES string of the molecule is CC(C)N(C(=O)COC(=O)[C@@H]1CS[C@]2(C)CCC(=O)N12)c1ccccc1. The molecule has 26 heavy (non-hydrogen) atoms. The summed E-state index contributed by atoms with van der Waals surface area (Å²) in [6.45, 7) is 5.48. The molecule has 2 saturated heterocycles. The fourth-order valence-corrected chi connectivity index (χ4v) is 5.03.